The van der Waals surface area contributed by atoms with Crippen molar-refractivity contribution in [3.63, 3.8) is 0 Å². The molecule has 0 aromatic rings. The Balaban J connectivity index is 4.66. The summed E-state index contributed by atoms with van der Waals surface area (Å²) < 4.78 is 23.4. The van der Waals surface area contributed by atoms with Gasteiger partial charge >= 0.3 is 228 Å². The van der Waals surface area contributed by atoms with Crippen LogP contribution in [0.4, 0.5) is 0 Å². The van der Waals surface area contributed by atoms with Crippen molar-refractivity contribution < 1.29 is 34.8 Å². The molecule has 0 saturated carbocycles. The van der Waals surface area contributed by atoms with Gasteiger partial charge < -0.3 is 0 Å². The first-order chi connectivity index (χ1) is 23.8. The Hall–Kier alpha value is -1.84. The molecule has 49 heavy (non-hydrogen) atoms. The molecule has 284 valence electrons. The van der Waals surface area contributed by atoms with Crippen molar-refractivity contribution in [1.29, 1.82) is 0 Å². The second-order valence-corrected chi connectivity index (χ2v) is 22.5. The Labute approximate surface area is 304 Å². The van der Waals surface area contributed by atoms with Crippen molar-refractivity contribution in [1.82, 2.24) is 0 Å². The molecule has 0 radical (unpaired) electrons. The molecule has 0 aromatic heterocycles. The maximum atomic E-state index is 12.8. The number of carbonyl (C=O) groups is 4. The third kappa shape index (κ3) is 30.7. The zero-order valence-electron chi connectivity index (χ0n) is 31.9. The third-order valence-corrected chi connectivity index (χ3v) is 18.2. The molecule has 0 aliphatic carbocycles. The van der Waals surface area contributed by atoms with Gasteiger partial charge in [-0.05, 0) is 0 Å². The van der Waals surface area contributed by atoms with E-state index in [1.165, 1.54) is 89.9 Å². The van der Waals surface area contributed by atoms with Crippen molar-refractivity contribution >= 4 is 43.1 Å². The fraction of sp³-hybridized carbons (Fsp3) is 0.800. The van der Waals surface area contributed by atoms with Crippen LogP contribution in [0.5, 0.6) is 0 Å². The number of carbonyl (C=O) groups excluding carboxylic acids is 4. The van der Waals surface area contributed by atoms with Crippen LogP contribution < -0.4 is 0 Å². The van der Waals surface area contributed by atoms with E-state index in [-0.39, 0.29) is 0 Å². The van der Waals surface area contributed by atoms with Crippen molar-refractivity contribution in [3.05, 3.63) is 24.3 Å². The van der Waals surface area contributed by atoms with Crippen LogP contribution in [0.25, 0.3) is 0 Å². The summed E-state index contributed by atoms with van der Waals surface area (Å²) in [7, 11) is 0. The minimum atomic E-state index is -4.26. The molecule has 0 aliphatic heterocycles. The molecule has 9 heteroatoms. The summed E-state index contributed by atoms with van der Waals surface area (Å²) in [6, 6.07) is 0. The van der Waals surface area contributed by atoms with Crippen molar-refractivity contribution in [2.75, 3.05) is 13.2 Å². The van der Waals surface area contributed by atoms with Gasteiger partial charge in [0.2, 0.25) is 0 Å². The monoisotopic (exact) mass is 800 g/mol. The predicted octanol–water partition coefficient (Wildman–Crippen LogP) is 11.2. The molecular formula is C40H72O8Sn. The number of hydrogen-bond acceptors (Lipinski definition) is 8. The number of hydrogen-bond donors (Lipinski definition) is 0. The second kappa shape index (κ2) is 34.6. The predicted molar refractivity (Wildman–Crippen MR) is 201 cm³/mol. The summed E-state index contributed by atoms with van der Waals surface area (Å²) in [5, 5.41) is 0. The van der Waals surface area contributed by atoms with Gasteiger partial charge in [-0.2, -0.15) is 0 Å². The number of ether oxygens (including phenoxy) is 2. The van der Waals surface area contributed by atoms with Gasteiger partial charge in [0, 0.05) is 0 Å². The second-order valence-electron chi connectivity index (χ2n) is 13.3. The third-order valence-electron chi connectivity index (χ3n) is 8.59. The summed E-state index contributed by atoms with van der Waals surface area (Å²) in [6.45, 7) is 9.13. The van der Waals surface area contributed by atoms with E-state index in [2.05, 4.69) is 13.8 Å². The van der Waals surface area contributed by atoms with Crippen LogP contribution in [0.3, 0.4) is 0 Å². The molecule has 0 fully saturated rings. The van der Waals surface area contributed by atoms with Crippen LogP contribution in [0.15, 0.2) is 24.3 Å². The first-order valence-corrected chi connectivity index (χ1v) is 26.3. The molecule has 0 amide bonds. The van der Waals surface area contributed by atoms with Crippen LogP contribution in [-0.4, -0.2) is 56.3 Å². The van der Waals surface area contributed by atoms with E-state index < -0.39 is 43.1 Å². The average molecular weight is 800 g/mol. The number of rotatable bonds is 34. The summed E-state index contributed by atoms with van der Waals surface area (Å²) in [5.74, 6) is -2.59. The standard InChI is InChI=1S/2C16H28O4.2C4H9.Sn/c2*1-2-3-4-5-6-7-8-9-10-11-14-20-16(19)13-12-15(17)18;2*1-3-4-2;/h2*12-13H,2-11,14H2,1H3,(H,17,18);2*1,3-4H2,2H3;/q;;;;+2/p-2/b2*13-12-;;;. The Morgan fingerprint density at radius 2 is 0.633 bits per heavy atom. The molecule has 0 N–H and O–H groups in total. The molecule has 0 rings (SSSR count). The molecule has 0 heterocycles. The minimum Gasteiger partial charge on any atom is -0.0654 e. The van der Waals surface area contributed by atoms with Gasteiger partial charge in [0.15, 0.2) is 0 Å². The van der Waals surface area contributed by atoms with Crippen LogP contribution in [0, 0.1) is 0 Å². The van der Waals surface area contributed by atoms with Gasteiger partial charge in [-0.3, -0.25) is 0 Å². The first-order valence-electron chi connectivity index (χ1n) is 20.0. The zero-order chi connectivity index (χ0) is 36.3. The SMILES string of the molecule is CCCCCCCCCCCCOC(=O)/C=C\C(=O)[O][Sn]([CH2]CCC)([CH2]CCC)[O]C(=O)/C=C\C(=O)OCCCCCCCCCCCC. The van der Waals surface area contributed by atoms with Crippen molar-refractivity contribution in [2.24, 2.45) is 0 Å². The topological polar surface area (TPSA) is 105 Å². The summed E-state index contributed by atoms with van der Waals surface area (Å²) in [5.41, 5.74) is 0. The molecule has 0 spiro atoms. The van der Waals surface area contributed by atoms with Gasteiger partial charge in [0.05, 0.1) is 0 Å². The summed E-state index contributed by atoms with van der Waals surface area (Å²) in [4.78, 5) is 50.1. The van der Waals surface area contributed by atoms with E-state index in [9.17, 15) is 19.2 Å². The molecule has 8 nitrogen and oxygen atoms in total. The molecule has 0 aliphatic rings. The molecule has 0 bridgehead atoms. The molecule has 0 atom stereocenters. The van der Waals surface area contributed by atoms with Gasteiger partial charge in [0.25, 0.3) is 0 Å². The molecule has 0 aromatic carbocycles. The van der Waals surface area contributed by atoms with E-state index in [4.69, 9.17) is 15.6 Å². The summed E-state index contributed by atoms with van der Waals surface area (Å²) in [6.07, 6.45) is 31.4. The quantitative estimate of drug-likeness (QED) is 0.0274. The first kappa shape index (κ1) is 47.2. The van der Waals surface area contributed by atoms with Gasteiger partial charge in [-0.25, -0.2) is 0 Å². The summed E-state index contributed by atoms with van der Waals surface area (Å²) >= 11 is -4.26. The fourth-order valence-electron chi connectivity index (χ4n) is 5.57. The molecule has 0 saturated heterocycles. The van der Waals surface area contributed by atoms with Gasteiger partial charge in [-0.15, -0.1) is 0 Å². The normalized spacial score (nSPS) is 11.7. The smallest absolute Gasteiger partial charge is 0.0654 e. The van der Waals surface area contributed by atoms with Crippen LogP contribution in [0.1, 0.15) is 182 Å². The maximum absolute atomic E-state index is 12.8. The zero-order valence-corrected chi connectivity index (χ0v) is 34.7. The number of unbranched alkanes of at least 4 members (excludes halogenated alkanes) is 20. The average Bonchev–Trinajstić information content (AvgIpc) is 3.09. The van der Waals surface area contributed by atoms with E-state index in [0.717, 1.165) is 88.5 Å². The molecule has 0 unspecified atom stereocenters. The van der Waals surface area contributed by atoms with Gasteiger partial charge in [0.1, 0.15) is 0 Å². The van der Waals surface area contributed by atoms with Gasteiger partial charge in [-0.1, -0.05) is 78.1 Å². The van der Waals surface area contributed by atoms with E-state index >= 15 is 0 Å². The van der Waals surface area contributed by atoms with E-state index in [0.29, 0.717) is 22.1 Å². The van der Waals surface area contributed by atoms with Crippen LogP contribution in [0.2, 0.25) is 8.87 Å². The Morgan fingerprint density at radius 1 is 0.367 bits per heavy atom. The van der Waals surface area contributed by atoms with Crippen molar-refractivity contribution in [2.45, 2.75) is 191 Å². The van der Waals surface area contributed by atoms with Crippen molar-refractivity contribution in [3.8, 4) is 0 Å². The van der Waals surface area contributed by atoms with E-state index in [1.54, 1.807) is 0 Å². The molecular weight excluding hydrogens is 727 g/mol. The Bertz CT molecular complexity index is 829. The Morgan fingerprint density at radius 3 is 0.939 bits per heavy atom. The Kier molecular flexibility index (Phi) is 33.3. The number of esters is 2. The fourth-order valence-corrected chi connectivity index (χ4v) is 15.1. The minimum absolute atomic E-state index is 0.316. The van der Waals surface area contributed by atoms with Crippen LogP contribution >= 0.6 is 0 Å². The van der Waals surface area contributed by atoms with Crippen LogP contribution in [-0.2, 0) is 34.8 Å². The van der Waals surface area contributed by atoms with E-state index in [1.807, 2.05) is 13.8 Å².